The van der Waals surface area contributed by atoms with Gasteiger partial charge in [-0.3, -0.25) is 14.6 Å². The fourth-order valence-electron chi connectivity index (χ4n) is 3.65. The average Bonchev–Trinajstić information content (AvgIpc) is 2.99. The predicted molar refractivity (Wildman–Crippen MR) is 95.8 cm³/mol. The Morgan fingerprint density at radius 1 is 1.38 bits per heavy atom. The maximum atomic E-state index is 12.6. The maximum absolute atomic E-state index is 12.6. The van der Waals surface area contributed by atoms with E-state index in [-0.39, 0.29) is 18.1 Å². The molecule has 1 spiro atoms. The van der Waals surface area contributed by atoms with Crippen LogP contribution in [0.15, 0.2) is 11.4 Å². The summed E-state index contributed by atoms with van der Waals surface area (Å²) in [6, 6.07) is 2.10. The van der Waals surface area contributed by atoms with E-state index >= 15 is 0 Å². The molecule has 3 rings (SSSR count). The van der Waals surface area contributed by atoms with Gasteiger partial charge in [0, 0.05) is 48.5 Å². The van der Waals surface area contributed by atoms with Crippen LogP contribution in [0, 0.1) is 11.8 Å². The highest BCUT2D eigenvalue weighted by atomic mass is 32.1. The number of thiophene rings is 1. The molecule has 5 nitrogen and oxygen atoms in total. The number of carbonyl (C=O) groups excluding carboxylic acids is 1. The Morgan fingerprint density at radius 3 is 2.92 bits per heavy atom. The largest absolute Gasteiger partial charge is 0.384 e. The summed E-state index contributed by atoms with van der Waals surface area (Å²) < 4.78 is 0. The number of hydrogen-bond donors (Lipinski definition) is 2. The summed E-state index contributed by atoms with van der Waals surface area (Å²) in [6.07, 6.45) is 2.80. The van der Waals surface area contributed by atoms with Crippen LogP contribution < -0.4 is 5.32 Å². The molecule has 6 heteroatoms. The highest BCUT2D eigenvalue weighted by molar-refractivity contribution is 7.10. The molecule has 2 fully saturated rings. The minimum Gasteiger partial charge on any atom is -0.384 e. The average molecular weight is 347 g/mol. The molecule has 0 saturated carbocycles. The Labute approximate surface area is 147 Å². The summed E-state index contributed by atoms with van der Waals surface area (Å²) in [7, 11) is 2.09. The van der Waals surface area contributed by atoms with E-state index in [0.717, 1.165) is 57.5 Å². The van der Waals surface area contributed by atoms with Crippen molar-refractivity contribution in [3.63, 3.8) is 0 Å². The van der Waals surface area contributed by atoms with Crippen molar-refractivity contribution in [2.24, 2.45) is 0 Å². The normalized spacial score (nSPS) is 21.8. The molecule has 0 bridgehead atoms. The third kappa shape index (κ3) is 3.65. The van der Waals surface area contributed by atoms with Crippen LogP contribution in [0.1, 0.15) is 29.7 Å². The van der Waals surface area contributed by atoms with Crippen LogP contribution in [-0.4, -0.2) is 66.2 Å². The van der Waals surface area contributed by atoms with Gasteiger partial charge in [0.2, 0.25) is 5.91 Å². The molecule has 1 aromatic rings. The van der Waals surface area contributed by atoms with Gasteiger partial charge in [-0.25, -0.2) is 0 Å². The quantitative estimate of drug-likeness (QED) is 0.780. The van der Waals surface area contributed by atoms with Crippen molar-refractivity contribution in [2.75, 3.05) is 39.8 Å². The van der Waals surface area contributed by atoms with E-state index in [0.29, 0.717) is 0 Å². The second kappa shape index (κ2) is 7.66. The molecule has 1 aromatic heterocycles. The summed E-state index contributed by atoms with van der Waals surface area (Å²) in [5.74, 6) is 5.84. The SMILES string of the molecule is CN1CCCNC(=O)C12CCN(Cc1cc(C#CCO)cs1)CC2. The molecule has 2 aliphatic rings. The van der Waals surface area contributed by atoms with Gasteiger partial charge in [-0.05, 0) is 32.4 Å². The van der Waals surface area contributed by atoms with Gasteiger partial charge < -0.3 is 10.4 Å². The smallest absolute Gasteiger partial charge is 0.240 e. The Balaban J connectivity index is 1.60. The van der Waals surface area contributed by atoms with Gasteiger partial charge in [0.15, 0.2) is 0 Å². The molecule has 0 radical (unpaired) electrons. The van der Waals surface area contributed by atoms with Gasteiger partial charge in [-0.1, -0.05) is 11.8 Å². The lowest BCUT2D eigenvalue weighted by atomic mass is 9.85. The Morgan fingerprint density at radius 2 is 2.17 bits per heavy atom. The van der Waals surface area contributed by atoms with Crippen LogP contribution in [-0.2, 0) is 11.3 Å². The maximum Gasteiger partial charge on any atom is 0.240 e. The number of nitrogens with one attached hydrogen (secondary N) is 1. The zero-order valence-electron chi connectivity index (χ0n) is 14.2. The molecule has 130 valence electrons. The number of likely N-dealkylation sites (N-methyl/N-ethyl adjacent to an activating group) is 1. The van der Waals surface area contributed by atoms with Crippen LogP contribution in [0.25, 0.3) is 0 Å². The Kier molecular flexibility index (Phi) is 5.57. The minimum atomic E-state index is -0.319. The second-order valence-electron chi connectivity index (χ2n) is 6.60. The van der Waals surface area contributed by atoms with Crippen molar-refractivity contribution in [2.45, 2.75) is 31.3 Å². The fraction of sp³-hybridized carbons (Fsp3) is 0.611. The molecular formula is C18H25N3O2S. The first kappa shape index (κ1) is 17.4. The van der Waals surface area contributed by atoms with Gasteiger partial charge >= 0.3 is 0 Å². The third-order valence-electron chi connectivity index (χ3n) is 5.14. The van der Waals surface area contributed by atoms with Gasteiger partial charge in [0.1, 0.15) is 12.1 Å². The van der Waals surface area contributed by atoms with Crippen molar-refractivity contribution in [3.8, 4) is 11.8 Å². The zero-order chi connectivity index (χ0) is 17.0. The topological polar surface area (TPSA) is 55.8 Å². The molecular weight excluding hydrogens is 322 g/mol. The first-order valence-electron chi connectivity index (χ1n) is 8.53. The second-order valence-corrected chi connectivity index (χ2v) is 7.60. The van der Waals surface area contributed by atoms with Crippen molar-refractivity contribution in [3.05, 3.63) is 21.9 Å². The van der Waals surface area contributed by atoms with Gasteiger partial charge in [0.25, 0.3) is 0 Å². The van der Waals surface area contributed by atoms with Crippen molar-refractivity contribution in [1.29, 1.82) is 0 Å². The lowest BCUT2D eigenvalue weighted by Crippen LogP contribution is -2.60. The molecule has 1 amide bonds. The molecule has 2 N–H and O–H groups in total. The van der Waals surface area contributed by atoms with E-state index in [1.54, 1.807) is 11.3 Å². The first-order chi connectivity index (χ1) is 11.6. The van der Waals surface area contributed by atoms with E-state index in [1.165, 1.54) is 4.88 Å². The summed E-state index contributed by atoms with van der Waals surface area (Å²) in [5, 5.41) is 13.9. The molecule has 2 saturated heterocycles. The molecule has 0 aliphatic carbocycles. The van der Waals surface area contributed by atoms with Gasteiger partial charge in [-0.2, -0.15) is 0 Å². The number of aliphatic hydroxyl groups is 1. The van der Waals surface area contributed by atoms with Gasteiger partial charge in [0.05, 0.1) is 0 Å². The number of amides is 1. The van der Waals surface area contributed by atoms with E-state index in [1.807, 2.05) is 5.38 Å². The first-order valence-corrected chi connectivity index (χ1v) is 9.41. The van der Waals surface area contributed by atoms with E-state index in [4.69, 9.17) is 5.11 Å². The number of nitrogens with zero attached hydrogens (tertiary/aromatic N) is 2. The monoisotopic (exact) mass is 347 g/mol. The zero-order valence-corrected chi connectivity index (χ0v) is 15.0. The number of hydrogen-bond acceptors (Lipinski definition) is 5. The van der Waals surface area contributed by atoms with Crippen LogP contribution in [0.3, 0.4) is 0 Å². The number of carbonyl (C=O) groups is 1. The van der Waals surface area contributed by atoms with E-state index in [2.05, 4.69) is 40.1 Å². The summed E-state index contributed by atoms with van der Waals surface area (Å²) >= 11 is 1.71. The molecule has 24 heavy (non-hydrogen) atoms. The molecule has 0 atom stereocenters. The Hall–Kier alpha value is -1.39. The van der Waals surface area contributed by atoms with E-state index in [9.17, 15) is 4.79 Å². The van der Waals surface area contributed by atoms with Crippen molar-refractivity contribution >= 4 is 17.2 Å². The Bertz CT molecular complexity index is 638. The van der Waals surface area contributed by atoms with Crippen LogP contribution in [0.5, 0.6) is 0 Å². The lowest BCUT2D eigenvalue weighted by Gasteiger charge is -2.44. The number of rotatable bonds is 2. The van der Waals surface area contributed by atoms with Gasteiger partial charge in [-0.15, -0.1) is 11.3 Å². The van der Waals surface area contributed by atoms with Crippen LogP contribution in [0.2, 0.25) is 0 Å². The summed E-state index contributed by atoms with van der Waals surface area (Å²) in [4.78, 5) is 18.5. The highest BCUT2D eigenvalue weighted by Gasteiger charge is 2.45. The molecule has 2 aliphatic heterocycles. The van der Waals surface area contributed by atoms with Crippen molar-refractivity contribution < 1.29 is 9.90 Å². The van der Waals surface area contributed by atoms with Crippen LogP contribution in [0.4, 0.5) is 0 Å². The lowest BCUT2D eigenvalue weighted by molar-refractivity contribution is -0.134. The summed E-state index contributed by atoms with van der Waals surface area (Å²) in [6.45, 7) is 4.46. The predicted octanol–water partition coefficient (Wildman–Crippen LogP) is 0.878. The third-order valence-corrected chi connectivity index (χ3v) is 6.06. The van der Waals surface area contributed by atoms with Crippen LogP contribution >= 0.6 is 11.3 Å². The number of aliphatic hydroxyl groups excluding tert-OH is 1. The fourth-order valence-corrected chi connectivity index (χ4v) is 4.51. The molecule has 0 unspecified atom stereocenters. The van der Waals surface area contributed by atoms with E-state index < -0.39 is 0 Å². The number of piperidine rings is 1. The molecule has 3 heterocycles. The minimum absolute atomic E-state index is 0.102. The number of likely N-dealkylation sites (tertiary alicyclic amines) is 1. The standard InChI is InChI=1S/C18H25N3O2S/c1-20-8-3-7-19-17(23)18(20)5-9-21(10-6-18)13-16-12-15(14-24-16)4-2-11-22/h12,14,22H,3,5-11,13H2,1H3,(H,19,23). The molecule has 0 aromatic carbocycles. The summed E-state index contributed by atoms with van der Waals surface area (Å²) in [5.41, 5.74) is 0.653. The van der Waals surface area contributed by atoms with Crippen molar-refractivity contribution in [1.82, 2.24) is 15.1 Å². The highest BCUT2D eigenvalue weighted by Crippen LogP contribution is 2.31.